The maximum Gasteiger partial charge on any atom is 0.471 e. The summed E-state index contributed by atoms with van der Waals surface area (Å²) in [5.74, 6) is 2.92. The van der Waals surface area contributed by atoms with Crippen LogP contribution in [-0.4, -0.2) is 35.2 Å². The Kier molecular flexibility index (Phi) is 7.59. The molecule has 0 fully saturated rings. The van der Waals surface area contributed by atoms with Gasteiger partial charge in [0, 0.05) is 7.05 Å². The fourth-order valence-corrected chi connectivity index (χ4v) is 2.41. The Morgan fingerprint density at radius 1 is 1.22 bits per heavy atom. The highest BCUT2D eigenvalue weighted by atomic mass is 19.4. The van der Waals surface area contributed by atoms with E-state index in [9.17, 15) is 27.2 Å². The number of ether oxygens (including phenoxy) is 1. The van der Waals surface area contributed by atoms with E-state index in [1.807, 2.05) is 0 Å². The van der Waals surface area contributed by atoms with Crippen LogP contribution in [0.15, 0.2) is 48.4 Å². The van der Waals surface area contributed by atoms with Gasteiger partial charge in [0.15, 0.2) is 5.82 Å². The van der Waals surface area contributed by atoms with Crippen LogP contribution >= 0.6 is 0 Å². The van der Waals surface area contributed by atoms with Crippen molar-refractivity contribution in [3.63, 3.8) is 0 Å². The predicted molar refractivity (Wildman–Crippen MR) is 106 cm³/mol. The molecule has 0 aliphatic rings. The van der Waals surface area contributed by atoms with Crippen molar-refractivity contribution >= 4 is 23.4 Å². The van der Waals surface area contributed by atoms with Gasteiger partial charge in [0.1, 0.15) is 17.6 Å². The van der Waals surface area contributed by atoms with E-state index in [1.165, 1.54) is 38.2 Å². The molecule has 1 heterocycles. The van der Waals surface area contributed by atoms with Crippen molar-refractivity contribution in [2.45, 2.75) is 19.2 Å². The highest BCUT2D eigenvalue weighted by Crippen LogP contribution is 2.20. The van der Waals surface area contributed by atoms with Crippen LogP contribution in [0.2, 0.25) is 0 Å². The first-order valence-corrected chi connectivity index (χ1v) is 8.94. The average molecular weight is 456 g/mol. The minimum absolute atomic E-state index is 0.0424. The normalized spacial score (nSPS) is 13.0. The van der Waals surface area contributed by atoms with E-state index < -0.39 is 30.1 Å². The Morgan fingerprint density at radius 2 is 1.91 bits per heavy atom. The minimum atomic E-state index is -5.06. The molecule has 32 heavy (non-hydrogen) atoms. The summed E-state index contributed by atoms with van der Waals surface area (Å²) in [5.41, 5.74) is 6.08. The third kappa shape index (κ3) is 6.57. The second-order valence-electron chi connectivity index (χ2n) is 6.48. The number of hydrogen-bond donors (Lipinski definition) is 4. The predicted octanol–water partition coefficient (Wildman–Crippen LogP) is 2.60. The largest absolute Gasteiger partial charge is 0.471 e. The summed E-state index contributed by atoms with van der Waals surface area (Å²) in [6.07, 6.45) is -5.86. The molecule has 0 aliphatic heterocycles. The Bertz CT molecular complexity index is 1010. The minimum Gasteiger partial charge on any atom is -0.441 e. The Labute approximate surface area is 180 Å². The number of halogens is 4. The zero-order valence-corrected chi connectivity index (χ0v) is 16.9. The zero-order chi connectivity index (χ0) is 24.1. The van der Waals surface area contributed by atoms with Crippen LogP contribution in [0, 0.1) is 5.82 Å². The molecule has 1 atom stereocenters. The molecule has 0 aliphatic carbocycles. The van der Waals surface area contributed by atoms with Gasteiger partial charge in [-0.1, -0.05) is 12.1 Å². The number of hydrazine groups is 1. The van der Waals surface area contributed by atoms with Crippen LogP contribution in [0.5, 0.6) is 0 Å². The van der Waals surface area contributed by atoms with Crippen LogP contribution in [0.1, 0.15) is 24.3 Å². The monoisotopic (exact) mass is 456 g/mol. The summed E-state index contributed by atoms with van der Waals surface area (Å²) in [6.45, 7) is 1.53. The molecule has 2 amide bonds. The molecular formula is C19H20F4N6O3. The van der Waals surface area contributed by atoms with Crippen LogP contribution in [0.4, 0.5) is 28.0 Å². The number of nitrogens with two attached hydrogens (primary N) is 2. The third-order valence-electron chi connectivity index (χ3n) is 3.98. The lowest BCUT2D eigenvalue weighted by atomic mass is 10.1. The van der Waals surface area contributed by atoms with Crippen LogP contribution < -0.4 is 22.2 Å². The summed E-state index contributed by atoms with van der Waals surface area (Å²) in [4.78, 5) is 27.1. The van der Waals surface area contributed by atoms with E-state index in [2.05, 4.69) is 10.3 Å². The lowest BCUT2D eigenvalue weighted by Gasteiger charge is -2.21. The first-order chi connectivity index (χ1) is 14.9. The number of alkyl carbamates (subject to hydrolysis) is 1. The number of carbonyl (C=O) groups excluding carboxylic acids is 2. The molecule has 0 radical (unpaired) electrons. The molecule has 1 aromatic carbocycles. The number of aromatic nitrogens is 1. The number of pyridine rings is 1. The summed E-state index contributed by atoms with van der Waals surface area (Å²) in [7, 11) is 1.36. The van der Waals surface area contributed by atoms with E-state index in [-0.39, 0.29) is 22.9 Å². The number of anilines is 1. The van der Waals surface area contributed by atoms with Crippen molar-refractivity contribution in [2.75, 3.05) is 12.4 Å². The number of hydrogen-bond acceptors (Lipinski definition) is 7. The topological polar surface area (TPSA) is 136 Å². The Morgan fingerprint density at radius 3 is 2.44 bits per heavy atom. The highest BCUT2D eigenvalue weighted by Gasteiger charge is 2.38. The molecule has 13 heteroatoms. The molecule has 1 unspecified atom stereocenters. The summed E-state index contributed by atoms with van der Waals surface area (Å²) < 4.78 is 55.5. The standard InChI is InChI=1S/C19H20F4N6O3/c1-10(11-4-3-5-12(20)8-11)32-18(31)28-16(29(2)25)15(24)14-7-6-13(9-26-14)27-17(30)19(21,22)23/h3-10H,24-25H2,1-2H3,(H,27,30)(H,28,31)/b16-15-. The molecule has 2 rings (SSSR count). The maximum absolute atomic E-state index is 13.3. The smallest absolute Gasteiger partial charge is 0.441 e. The van der Waals surface area contributed by atoms with E-state index >= 15 is 0 Å². The van der Waals surface area contributed by atoms with Gasteiger partial charge in [0.05, 0.1) is 17.6 Å². The molecule has 6 N–H and O–H groups in total. The number of nitrogens with zero attached hydrogens (tertiary/aromatic N) is 2. The summed E-state index contributed by atoms with van der Waals surface area (Å²) >= 11 is 0. The van der Waals surface area contributed by atoms with Gasteiger partial charge in [-0.2, -0.15) is 13.2 Å². The van der Waals surface area contributed by atoms with Crippen molar-refractivity contribution in [2.24, 2.45) is 11.6 Å². The zero-order valence-electron chi connectivity index (χ0n) is 16.9. The number of nitrogens with one attached hydrogen (secondary N) is 2. The second-order valence-corrected chi connectivity index (χ2v) is 6.48. The first-order valence-electron chi connectivity index (χ1n) is 8.94. The summed E-state index contributed by atoms with van der Waals surface area (Å²) in [6, 6.07) is 7.84. The SMILES string of the molecule is CC(OC(=O)N/C(=C(/N)c1ccc(NC(=O)C(F)(F)F)cn1)N(C)N)c1cccc(F)c1. The van der Waals surface area contributed by atoms with Gasteiger partial charge in [0.25, 0.3) is 0 Å². The van der Waals surface area contributed by atoms with Crippen molar-refractivity contribution in [3.05, 3.63) is 65.5 Å². The van der Waals surface area contributed by atoms with E-state index in [0.29, 0.717) is 5.56 Å². The van der Waals surface area contributed by atoms with Gasteiger partial charge in [-0.05, 0) is 36.8 Å². The van der Waals surface area contributed by atoms with Gasteiger partial charge in [-0.15, -0.1) is 0 Å². The molecule has 0 spiro atoms. The third-order valence-corrected chi connectivity index (χ3v) is 3.98. The van der Waals surface area contributed by atoms with Crippen LogP contribution in [-0.2, 0) is 9.53 Å². The van der Waals surface area contributed by atoms with Gasteiger partial charge >= 0.3 is 18.2 Å². The quantitative estimate of drug-likeness (QED) is 0.298. The van der Waals surface area contributed by atoms with E-state index in [0.717, 1.165) is 17.3 Å². The molecule has 0 bridgehead atoms. The summed E-state index contributed by atoms with van der Waals surface area (Å²) in [5, 5.41) is 4.94. The number of carbonyl (C=O) groups is 2. The Hall–Kier alpha value is -3.87. The molecule has 0 saturated heterocycles. The number of benzene rings is 1. The van der Waals surface area contributed by atoms with Gasteiger partial charge < -0.3 is 15.8 Å². The lowest BCUT2D eigenvalue weighted by molar-refractivity contribution is -0.167. The number of amides is 2. The highest BCUT2D eigenvalue weighted by molar-refractivity contribution is 5.94. The Balaban J connectivity index is 2.14. The van der Waals surface area contributed by atoms with Gasteiger partial charge in [0.2, 0.25) is 0 Å². The molecule has 1 aromatic heterocycles. The maximum atomic E-state index is 13.3. The van der Waals surface area contributed by atoms with Crippen molar-refractivity contribution in [3.8, 4) is 0 Å². The fourth-order valence-electron chi connectivity index (χ4n) is 2.41. The van der Waals surface area contributed by atoms with E-state index in [1.54, 1.807) is 11.4 Å². The average Bonchev–Trinajstić information content (AvgIpc) is 2.71. The molecule has 9 nitrogen and oxygen atoms in total. The van der Waals surface area contributed by atoms with E-state index in [4.69, 9.17) is 16.3 Å². The fraction of sp³-hybridized carbons (Fsp3) is 0.211. The molecule has 0 saturated carbocycles. The van der Waals surface area contributed by atoms with Crippen molar-refractivity contribution < 1.29 is 31.9 Å². The lowest BCUT2D eigenvalue weighted by Crippen LogP contribution is -2.39. The first kappa shape index (κ1) is 24.4. The van der Waals surface area contributed by atoms with Crippen molar-refractivity contribution in [1.29, 1.82) is 0 Å². The van der Waals surface area contributed by atoms with Gasteiger partial charge in [-0.25, -0.2) is 15.0 Å². The van der Waals surface area contributed by atoms with Gasteiger partial charge in [-0.3, -0.25) is 20.1 Å². The second kappa shape index (κ2) is 9.96. The molecule has 172 valence electrons. The molecular weight excluding hydrogens is 436 g/mol. The number of rotatable bonds is 6. The number of alkyl halides is 3. The van der Waals surface area contributed by atoms with Crippen LogP contribution in [0.3, 0.4) is 0 Å². The van der Waals surface area contributed by atoms with Crippen molar-refractivity contribution in [1.82, 2.24) is 15.3 Å². The molecule has 2 aromatic rings. The van der Waals surface area contributed by atoms with Crippen LogP contribution in [0.25, 0.3) is 5.70 Å².